The molecule has 0 saturated carbocycles. The molecule has 1 heterocycles. The molecular formula is C14H23NO. The van der Waals surface area contributed by atoms with Gasteiger partial charge in [-0.3, -0.25) is 0 Å². The summed E-state index contributed by atoms with van der Waals surface area (Å²) in [5, 5.41) is 9.87. The molecule has 2 nitrogen and oxygen atoms in total. The van der Waals surface area contributed by atoms with Crippen molar-refractivity contribution in [3.8, 4) is 0 Å². The summed E-state index contributed by atoms with van der Waals surface area (Å²) in [4.78, 5) is 0. The molecule has 0 fully saturated rings. The first-order valence-electron chi connectivity index (χ1n) is 6.68. The Morgan fingerprint density at radius 1 is 1.31 bits per heavy atom. The summed E-state index contributed by atoms with van der Waals surface area (Å²) < 4.78 is 2.27. The molecule has 0 bridgehead atoms. The Bertz CT molecular complexity index is 329. The van der Waals surface area contributed by atoms with E-state index in [0.29, 0.717) is 0 Å². The maximum Gasteiger partial charge on any atom is 0.0807 e. The van der Waals surface area contributed by atoms with E-state index in [1.54, 1.807) is 0 Å². The Labute approximate surface area is 98.3 Å². The number of hydrogen-bond donors (Lipinski definition) is 1. The van der Waals surface area contributed by atoms with Gasteiger partial charge in [0.2, 0.25) is 0 Å². The third kappa shape index (κ3) is 2.67. The van der Waals surface area contributed by atoms with Gasteiger partial charge in [0.1, 0.15) is 0 Å². The molecule has 1 aromatic heterocycles. The Balaban J connectivity index is 1.91. The van der Waals surface area contributed by atoms with Crippen LogP contribution >= 0.6 is 0 Å². The summed E-state index contributed by atoms with van der Waals surface area (Å²) in [6.07, 6.45) is 12.6. The van der Waals surface area contributed by atoms with Crippen molar-refractivity contribution < 1.29 is 5.11 Å². The van der Waals surface area contributed by atoms with Gasteiger partial charge in [-0.2, -0.15) is 0 Å². The van der Waals surface area contributed by atoms with Gasteiger partial charge in [0.25, 0.3) is 0 Å². The van der Waals surface area contributed by atoms with Crippen molar-refractivity contribution in [3.05, 3.63) is 23.5 Å². The lowest BCUT2D eigenvalue weighted by atomic mass is 9.93. The summed E-state index contributed by atoms with van der Waals surface area (Å²) in [7, 11) is 0. The zero-order valence-electron chi connectivity index (χ0n) is 10.3. The van der Waals surface area contributed by atoms with Crippen molar-refractivity contribution in [3.63, 3.8) is 0 Å². The highest BCUT2D eigenvalue weighted by Crippen LogP contribution is 2.30. The van der Waals surface area contributed by atoms with E-state index in [4.69, 9.17) is 0 Å². The van der Waals surface area contributed by atoms with Crippen molar-refractivity contribution in [1.82, 2.24) is 4.57 Å². The topological polar surface area (TPSA) is 25.2 Å². The number of aromatic nitrogens is 1. The molecule has 16 heavy (non-hydrogen) atoms. The number of hydrogen-bond acceptors (Lipinski definition) is 1. The molecule has 0 spiro atoms. The van der Waals surface area contributed by atoms with Gasteiger partial charge < -0.3 is 9.67 Å². The maximum atomic E-state index is 9.87. The first-order chi connectivity index (χ1) is 7.81. The van der Waals surface area contributed by atoms with Crippen LogP contribution in [0.5, 0.6) is 0 Å². The first kappa shape index (κ1) is 11.7. The number of nitrogens with zero attached hydrogens (tertiary/aromatic N) is 1. The van der Waals surface area contributed by atoms with Crippen LogP contribution in [0.1, 0.15) is 62.7 Å². The number of aliphatic hydroxyl groups excluding tert-OH is 1. The number of fused-ring (bicyclic) bond motifs is 1. The molecule has 1 atom stereocenters. The second-order valence-corrected chi connectivity index (χ2v) is 4.95. The molecule has 2 rings (SSSR count). The predicted octanol–water partition coefficient (Wildman–Crippen LogP) is 3.44. The largest absolute Gasteiger partial charge is 0.388 e. The smallest absolute Gasteiger partial charge is 0.0807 e. The summed E-state index contributed by atoms with van der Waals surface area (Å²) >= 11 is 0. The van der Waals surface area contributed by atoms with Crippen LogP contribution in [0.15, 0.2) is 12.4 Å². The second-order valence-electron chi connectivity index (χ2n) is 4.95. The fourth-order valence-electron chi connectivity index (χ4n) is 2.57. The Hall–Kier alpha value is -0.760. The van der Waals surface area contributed by atoms with Crippen LogP contribution < -0.4 is 0 Å². The quantitative estimate of drug-likeness (QED) is 0.757. The van der Waals surface area contributed by atoms with Crippen molar-refractivity contribution in [2.45, 2.75) is 64.5 Å². The third-order valence-electron chi connectivity index (χ3n) is 3.55. The highest BCUT2D eigenvalue weighted by Gasteiger charge is 2.19. The molecule has 1 unspecified atom stereocenters. The van der Waals surface area contributed by atoms with Crippen LogP contribution in [-0.2, 0) is 13.0 Å². The molecule has 1 N–H and O–H groups in total. The molecule has 0 saturated heterocycles. The first-order valence-corrected chi connectivity index (χ1v) is 6.68. The number of unbranched alkanes of at least 4 members (excludes halogenated alkanes) is 3. The zero-order valence-corrected chi connectivity index (χ0v) is 10.3. The minimum absolute atomic E-state index is 0.208. The lowest BCUT2D eigenvalue weighted by molar-refractivity contribution is 0.157. The van der Waals surface area contributed by atoms with Gasteiger partial charge in [-0.25, -0.2) is 0 Å². The van der Waals surface area contributed by atoms with Crippen LogP contribution in [0.2, 0.25) is 0 Å². The monoisotopic (exact) mass is 221 g/mol. The van der Waals surface area contributed by atoms with E-state index >= 15 is 0 Å². The third-order valence-corrected chi connectivity index (χ3v) is 3.55. The zero-order chi connectivity index (χ0) is 11.4. The van der Waals surface area contributed by atoms with Gasteiger partial charge >= 0.3 is 0 Å². The van der Waals surface area contributed by atoms with Gasteiger partial charge in [0.05, 0.1) is 6.10 Å². The van der Waals surface area contributed by atoms with Crippen LogP contribution in [0, 0.1) is 0 Å². The summed E-state index contributed by atoms with van der Waals surface area (Å²) in [6, 6.07) is 0. The molecule has 0 aromatic carbocycles. The Morgan fingerprint density at radius 3 is 2.94 bits per heavy atom. The SMILES string of the molecule is CCCCCCn1cc2c(c1)C(O)CCC2. The van der Waals surface area contributed by atoms with Crippen molar-refractivity contribution >= 4 is 0 Å². The number of rotatable bonds is 5. The van der Waals surface area contributed by atoms with Gasteiger partial charge in [-0.15, -0.1) is 0 Å². The number of aryl methyl sites for hydroxylation is 2. The van der Waals surface area contributed by atoms with Crippen molar-refractivity contribution in [1.29, 1.82) is 0 Å². The predicted molar refractivity (Wildman–Crippen MR) is 66.5 cm³/mol. The van der Waals surface area contributed by atoms with E-state index in [-0.39, 0.29) is 6.10 Å². The lowest BCUT2D eigenvalue weighted by Gasteiger charge is -2.16. The molecule has 0 radical (unpaired) electrons. The minimum atomic E-state index is -0.208. The fraction of sp³-hybridized carbons (Fsp3) is 0.714. The van der Waals surface area contributed by atoms with E-state index in [9.17, 15) is 5.11 Å². The molecule has 90 valence electrons. The summed E-state index contributed by atoms with van der Waals surface area (Å²) in [5.74, 6) is 0. The second kappa shape index (κ2) is 5.53. The van der Waals surface area contributed by atoms with E-state index < -0.39 is 0 Å². The molecular weight excluding hydrogens is 198 g/mol. The van der Waals surface area contributed by atoms with E-state index in [2.05, 4.69) is 23.9 Å². The van der Waals surface area contributed by atoms with Gasteiger partial charge in [-0.05, 0) is 31.2 Å². The van der Waals surface area contributed by atoms with Crippen molar-refractivity contribution in [2.24, 2.45) is 0 Å². The van der Waals surface area contributed by atoms with Crippen LogP contribution in [0.25, 0.3) is 0 Å². The standard InChI is InChI=1S/C14H23NO/c1-2-3-4-5-9-15-10-12-7-6-8-14(16)13(12)11-15/h10-11,14,16H,2-9H2,1H3. The highest BCUT2D eigenvalue weighted by molar-refractivity contribution is 5.28. The van der Waals surface area contributed by atoms with Crippen molar-refractivity contribution in [2.75, 3.05) is 0 Å². The maximum absolute atomic E-state index is 9.87. The average molecular weight is 221 g/mol. The normalized spacial score (nSPS) is 19.8. The summed E-state index contributed by atoms with van der Waals surface area (Å²) in [6.45, 7) is 3.35. The van der Waals surface area contributed by atoms with E-state index in [0.717, 1.165) is 25.8 Å². The van der Waals surface area contributed by atoms with Gasteiger partial charge in [0.15, 0.2) is 0 Å². The fourth-order valence-corrected chi connectivity index (χ4v) is 2.57. The average Bonchev–Trinajstić information content (AvgIpc) is 2.69. The highest BCUT2D eigenvalue weighted by atomic mass is 16.3. The number of aliphatic hydroxyl groups is 1. The van der Waals surface area contributed by atoms with Gasteiger partial charge in [0, 0.05) is 24.5 Å². The minimum Gasteiger partial charge on any atom is -0.388 e. The van der Waals surface area contributed by atoms with Crippen LogP contribution in [0.4, 0.5) is 0 Å². The molecule has 1 aliphatic rings. The summed E-state index contributed by atoms with van der Waals surface area (Å²) in [5.41, 5.74) is 2.55. The molecule has 2 heteroatoms. The van der Waals surface area contributed by atoms with Crippen LogP contribution in [-0.4, -0.2) is 9.67 Å². The lowest BCUT2D eigenvalue weighted by Crippen LogP contribution is -2.05. The molecule has 1 aromatic rings. The Kier molecular flexibility index (Phi) is 4.05. The Morgan fingerprint density at radius 2 is 2.19 bits per heavy atom. The molecule has 1 aliphatic carbocycles. The van der Waals surface area contributed by atoms with E-state index in [1.165, 1.54) is 36.8 Å². The van der Waals surface area contributed by atoms with Gasteiger partial charge in [-0.1, -0.05) is 26.2 Å². The molecule has 0 amide bonds. The van der Waals surface area contributed by atoms with E-state index in [1.807, 2.05) is 0 Å². The molecule has 0 aliphatic heterocycles. The van der Waals surface area contributed by atoms with Crippen LogP contribution in [0.3, 0.4) is 0 Å².